The van der Waals surface area contributed by atoms with E-state index in [9.17, 15) is 0 Å². The summed E-state index contributed by atoms with van der Waals surface area (Å²) in [5.41, 5.74) is 0. The SMILES string of the molecule is CC1CCCN1[Si](N1CCCC1C)(N1CCCC1C)N1CCCC1C. The summed E-state index contributed by atoms with van der Waals surface area (Å²) >= 11 is 0. The van der Waals surface area contributed by atoms with Crippen LogP contribution in [0.5, 0.6) is 0 Å². The largest absolute Gasteiger partial charge is 0.377 e. The lowest BCUT2D eigenvalue weighted by atomic mass is 10.3. The van der Waals surface area contributed by atoms with E-state index in [0.717, 1.165) is 24.2 Å². The summed E-state index contributed by atoms with van der Waals surface area (Å²) < 4.78 is 12.3. The Morgan fingerprint density at radius 1 is 0.480 bits per heavy atom. The molecule has 4 nitrogen and oxygen atoms in total. The van der Waals surface area contributed by atoms with E-state index in [1.54, 1.807) is 0 Å². The second-order valence-electron chi connectivity index (χ2n) is 9.34. The normalized spacial score (nSPS) is 41.8. The van der Waals surface area contributed by atoms with E-state index >= 15 is 0 Å². The van der Waals surface area contributed by atoms with E-state index in [1.165, 1.54) is 77.5 Å². The van der Waals surface area contributed by atoms with E-state index in [-0.39, 0.29) is 0 Å². The number of nitrogens with zero attached hydrogens (tertiary/aromatic N) is 4. The van der Waals surface area contributed by atoms with Gasteiger partial charge in [-0.3, -0.25) is 18.3 Å². The molecular weight excluding hydrogens is 324 g/mol. The zero-order chi connectivity index (χ0) is 17.6. The molecule has 0 spiro atoms. The Labute approximate surface area is 156 Å². The second kappa shape index (κ2) is 7.23. The molecule has 0 bridgehead atoms. The third-order valence-corrected chi connectivity index (χ3v) is 13.5. The van der Waals surface area contributed by atoms with Crippen LogP contribution in [0.3, 0.4) is 0 Å². The lowest BCUT2D eigenvalue weighted by Crippen LogP contribution is -2.84. The first-order valence-corrected chi connectivity index (χ1v) is 12.9. The summed E-state index contributed by atoms with van der Waals surface area (Å²) in [6, 6.07) is 3.06. The maximum absolute atomic E-state index is 3.07. The predicted molar refractivity (Wildman–Crippen MR) is 107 cm³/mol. The Kier molecular flexibility index (Phi) is 5.33. The van der Waals surface area contributed by atoms with Gasteiger partial charge < -0.3 is 0 Å². The molecule has 5 heteroatoms. The van der Waals surface area contributed by atoms with Gasteiger partial charge in [-0.15, -0.1) is 0 Å². The highest BCUT2D eigenvalue weighted by Crippen LogP contribution is 2.42. The van der Waals surface area contributed by atoms with Gasteiger partial charge in [-0.2, -0.15) is 0 Å². The molecular formula is C20H40N4Si. The lowest BCUT2D eigenvalue weighted by Gasteiger charge is -2.59. The van der Waals surface area contributed by atoms with E-state index in [1.807, 2.05) is 0 Å². The van der Waals surface area contributed by atoms with Crippen molar-refractivity contribution in [3.05, 3.63) is 0 Å². The summed E-state index contributed by atoms with van der Waals surface area (Å²) in [7, 11) is -1.98. The van der Waals surface area contributed by atoms with Crippen LogP contribution in [0.15, 0.2) is 0 Å². The first-order chi connectivity index (χ1) is 12.1. The summed E-state index contributed by atoms with van der Waals surface area (Å²) in [5, 5.41) is 0. The fraction of sp³-hybridized carbons (Fsp3) is 1.00. The summed E-state index contributed by atoms with van der Waals surface area (Å²) in [5.74, 6) is 0. The minimum Gasteiger partial charge on any atom is -0.284 e. The molecule has 0 aromatic rings. The molecule has 0 aromatic carbocycles. The van der Waals surface area contributed by atoms with E-state index in [2.05, 4.69) is 46.0 Å². The molecule has 25 heavy (non-hydrogen) atoms. The van der Waals surface area contributed by atoms with Crippen LogP contribution in [0.2, 0.25) is 0 Å². The monoisotopic (exact) mass is 364 g/mol. The van der Waals surface area contributed by atoms with Crippen molar-refractivity contribution in [1.82, 2.24) is 18.3 Å². The van der Waals surface area contributed by atoms with Gasteiger partial charge >= 0.3 is 8.72 Å². The zero-order valence-corrected chi connectivity index (χ0v) is 18.1. The quantitative estimate of drug-likeness (QED) is 0.709. The molecule has 4 saturated heterocycles. The maximum atomic E-state index is 3.07. The fourth-order valence-corrected chi connectivity index (χ4v) is 13.2. The van der Waals surface area contributed by atoms with E-state index in [4.69, 9.17) is 0 Å². The molecule has 4 rings (SSSR count). The van der Waals surface area contributed by atoms with Crippen molar-refractivity contribution in [2.24, 2.45) is 0 Å². The number of hydrogen-bond acceptors (Lipinski definition) is 4. The Morgan fingerprint density at radius 2 is 0.720 bits per heavy atom. The van der Waals surface area contributed by atoms with Gasteiger partial charge in [-0.25, -0.2) is 0 Å². The lowest BCUT2D eigenvalue weighted by molar-refractivity contribution is 0.152. The molecule has 0 N–H and O–H groups in total. The molecule has 144 valence electrons. The van der Waals surface area contributed by atoms with Crippen molar-refractivity contribution in [2.45, 2.75) is 103 Å². The van der Waals surface area contributed by atoms with Gasteiger partial charge in [0.05, 0.1) is 0 Å². The molecule has 0 aromatic heterocycles. The van der Waals surface area contributed by atoms with Crippen LogP contribution in [-0.4, -0.2) is 77.3 Å². The molecule has 4 fully saturated rings. The maximum Gasteiger partial charge on any atom is 0.377 e. The molecule has 4 aliphatic heterocycles. The number of hydrogen-bond donors (Lipinski definition) is 0. The molecule has 0 radical (unpaired) electrons. The third-order valence-electron chi connectivity index (χ3n) is 7.75. The van der Waals surface area contributed by atoms with Crippen molar-refractivity contribution < 1.29 is 0 Å². The standard InChI is InChI=1S/C20H40N4Si/c1-17-9-5-13-21(17)25(22-14-6-10-18(22)2,23-15-7-11-19(23)3)24-16-8-12-20(24)4/h17-20H,5-16H2,1-4H3. The molecule has 4 unspecified atom stereocenters. The minimum absolute atomic E-state index is 0.764. The van der Waals surface area contributed by atoms with E-state index < -0.39 is 8.72 Å². The summed E-state index contributed by atoms with van der Waals surface area (Å²) in [6.45, 7) is 15.4. The molecule has 0 saturated carbocycles. The smallest absolute Gasteiger partial charge is 0.284 e. The number of rotatable bonds is 4. The van der Waals surface area contributed by atoms with Crippen molar-refractivity contribution in [3.63, 3.8) is 0 Å². The zero-order valence-electron chi connectivity index (χ0n) is 17.1. The van der Waals surface area contributed by atoms with Crippen LogP contribution >= 0.6 is 0 Å². The van der Waals surface area contributed by atoms with Crippen molar-refractivity contribution in [3.8, 4) is 0 Å². The fourth-order valence-electron chi connectivity index (χ4n) is 6.51. The van der Waals surface area contributed by atoms with Crippen LogP contribution in [0, 0.1) is 0 Å². The minimum atomic E-state index is -1.98. The third kappa shape index (κ3) is 2.85. The predicted octanol–water partition coefficient (Wildman–Crippen LogP) is 3.36. The Bertz CT molecular complexity index is 387. The molecule has 0 aliphatic carbocycles. The van der Waals surface area contributed by atoms with Gasteiger partial charge in [0.25, 0.3) is 0 Å². The van der Waals surface area contributed by atoms with Gasteiger partial charge in [0.1, 0.15) is 0 Å². The second-order valence-corrected chi connectivity index (χ2v) is 12.8. The van der Waals surface area contributed by atoms with Gasteiger partial charge in [0.15, 0.2) is 0 Å². The molecule has 4 aliphatic rings. The molecule has 4 atom stereocenters. The van der Waals surface area contributed by atoms with E-state index in [0.29, 0.717) is 0 Å². The summed E-state index contributed by atoms with van der Waals surface area (Å²) in [4.78, 5) is 0. The van der Waals surface area contributed by atoms with Crippen LogP contribution < -0.4 is 0 Å². The first-order valence-electron chi connectivity index (χ1n) is 11.1. The van der Waals surface area contributed by atoms with Crippen LogP contribution in [0.4, 0.5) is 0 Å². The molecule has 0 amide bonds. The molecule has 4 heterocycles. The van der Waals surface area contributed by atoms with Crippen molar-refractivity contribution >= 4 is 8.72 Å². The van der Waals surface area contributed by atoms with Gasteiger partial charge in [0.2, 0.25) is 0 Å². The van der Waals surface area contributed by atoms with Crippen LogP contribution in [-0.2, 0) is 0 Å². The van der Waals surface area contributed by atoms with Crippen LogP contribution in [0.25, 0.3) is 0 Å². The Balaban J connectivity index is 1.83. The summed E-state index contributed by atoms with van der Waals surface area (Å²) in [6.07, 6.45) is 11.2. The highest BCUT2D eigenvalue weighted by atomic mass is 28.4. The van der Waals surface area contributed by atoms with Crippen LogP contribution in [0.1, 0.15) is 79.1 Å². The topological polar surface area (TPSA) is 13.0 Å². The van der Waals surface area contributed by atoms with Gasteiger partial charge in [-0.1, -0.05) is 27.7 Å². The Morgan fingerprint density at radius 3 is 0.880 bits per heavy atom. The van der Waals surface area contributed by atoms with Gasteiger partial charge in [-0.05, 0) is 77.5 Å². The van der Waals surface area contributed by atoms with Crippen molar-refractivity contribution in [2.75, 3.05) is 26.2 Å². The first kappa shape index (κ1) is 18.4. The van der Waals surface area contributed by atoms with Crippen molar-refractivity contribution in [1.29, 1.82) is 0 Å². The highest BCUT2D eigenvalue weighted by Gasteiger charge is 2.63. The average molecular weight is 365 g/mol. The average Bonchev–Trinajstić information content (AvgIpc) is 3.35. The van der Waals surface area contributed by atoms with Gasteiger partial charge in [0, 0.05) is 24.2 Å². The highest BCUT2D eigenvalue weighted by molar-refractivity contribution is 6.69. The Hall–Kier alpha value is 0.0569.